The topological polar surface area (TPSA) is 96.7 Å². The lowest BCUT2D eigenvalue weighted by molar-refractivity contribution is -0.137. The third-order valence-corrected chi connectivity index (χ3v) is 2.61. The fraction of sp³-hybridized carbons (Fsp3) is 0.545. The maximum absolute atomic E-state index is 11.5. The van der Waals surface area contributed by atoms with Crippen LogP contribution < -0.4 is 5.32 Å². The second kappa shape index (κ2) is 6.61. The predicted molar refractivity (Wildman–Crippen MR) is 63.4 cm³/mol. The van der Waals surface area contributed by atoms with E-state index in [2.05, 4.69) is 10.2 Å². The summed E-state index contributed by atoms with van der Waals surface area (Å²) in [6.07, 6.45) is 1.49. The van der Waals surface area contributed by atoms with Crippen molar-refractivity contribution in [2.75, 3.05) is 39.8 Å². The number of amides is 1. The Balaban J connectivity index is 2.57. The highest BCUT2D eigenvalue weighted by atomic mass is 16.4. The normalized spacial score (nSPS) is 17.1. The van der Waals surface area contributed by atoms with Crippen LogP contribution in [0.1, 0.15) is 0 Å². The summed E-state index contributed by atoms with van der Waals surface area (Å²) >= 11 is 0. The minimum Gasteiger partial charge on any atom is -0.480 e. The first-order valence-electron chi connectivity index (χ1n) is 5.57. The molecular formula is C11H16N4O3. The molecule has 1 heterocycles. The second-order valence-electron chi connectivity index (χ2n) is 4.07. The molecule has 1 amide bonds. The molecule has 0 bridgehead atoms. The SMILES string of the molecule is CN1CCN(/C=C(/C#N)C(=O)NCC(=O)O)CC1. The van der Waals surface area contributed by atoms with Crippen LogP contribution in [0.5, 0.6) is 0 Å². The summed E-state index contributed by atoms with van der Waals surface area (Å²) < 4.78 is 0. The molecule has 0 aromatic heterocycles. The van der Waals surface area contributed by atoms with E-state index in [1.807, 2.05) is 11.9 Å². The highest BCUT2D eigenvalue weighted by Crippen LogP contribution is 2.03. The fourth-order valence-corrected chi connectivity index (χ4v) is 1.52. The summed E-state index contributed by atoms with van der Waals surface area (Å²) in [5.74, 6) is -1.79. The third-order valence-electron chi connectivity index (χ3n) is 2.61. The van der Waals surface area contributed by atoms with Gasteiger partial charge in [-0.2, -0.15) is 5.26 Å². The van der Waals surface area contributed by atoms with Gasteiger partial charge < -0.3 is 20.2 Å². The van der Waals surface area contributed by atoms with Gasteiger partial charge in [0.05, 0.1) is 0 Å². The van der Waals surface area contributed by atoms with E-state index in [-0.39, 0.29) is 5.57 Å². The minimum absolute atomic E-state index is 0.0687. The van der Waals surface area contributed by atoms with Crippen molar-refractivity contribution >= 4 is 11.9 Å². The van der Waals surface area contributed by atoms with Crippen molar-refractivity contribution in [1.82, 2.24) is 15.1 Å². The van der Waals surface area contributed by atoms with Crippen LogP contribution in [0.4, 0.5) is 0 Å². The van der Waals surface area contributed by atoms with Gasteiger partial charge in [-0.25, -0.2) is 0 Å². The largest absolute Gasteiger partial charge is 0.480 e. The second-order valence-corrected chi connectivity index (χ2v) is 4.07. The lowest BCUT2D eigenvalue weighted by atomic mass is 10.2. The fourth-order valence-electron chi connectivity index (χ4n) is 1.52. The summed E-state index contributed by atoms with van der Waals surface area (Å²) in [6, 6.07) is 1.78. The monoisotopic (exact) mass is 252 g/mol. The molecule has 7 heteroatoms. The maximum atomic E-state index is 11.5. The first kappa shape index (κ1) is 14.0. The predicted octanol–water partition coefficient (Wildman–Crippen LogP) is -1.16. The number of nitrogens with one attached hydrogen (secondary N) is 1. The Morgan fingerprint density at radius 1 is 1.39 bits per heavy atom. The lowest BCUT2D eigenvalue weighted by Gasteiger charge is -2.31. The van der Waals surface area contributed by atoms with Crippen molar-refractivity contribution in [3.05, 3.63) is 11.8 Å². The van der Waals surface area contributed by atoms with Gasteiger partial charge >= 0.3 is 5.97 Å². The van der Waals surface area contributed by atoms with Crippen molar-refractivity contribution in [3.8, 4) is 6.07 Å². The number of nitriles is 1. The third kappa shape index (κ3) is 4.43. The molecule has 0 aromatic carbocycles. The number of carboxylic acid groups (broad SMARTS) is 1. The van der Waals surface area contributed by atoms with Gasteiger partial charge in [0.15, 0.2) is 0 Å². The molecule has 98 valence electrons. The molecule has 0 spiro atoms. The van der Waals surface area contributed by atoms with Crippen LogP contribution >= 0.6 is 0 Å². The number of rotatable bonds is 4. The molecule has 2 N–H and O–H groups in total. The molecule has 0 aromatic rings. The quantitative estimate of drug-likeness (QED) is 0.484. The van der Waals surface area contributed by atoms with E-state index in [1.54, 1.807) is 6.07 Å². The van der Waals surface area contributed by atoms with Crippen LogP contribution in [0.25, 0.3) is 0 Å². The van der Waals surface area contributed by atoms with Gasteiger partial charge in [-0.1, -0.05) is 0 Å². The molecule has 1 fully saturated rings. The van der Waals surface area contributed by atoms with E-state index in [0.29, 0.717) is 0 Å². The van der Waals surface area contributed by atoms with Crippen LogP contribution in [0.15, 0.2) is 11.8 Å². The highest BCUT2D eigenvalue weighted by Gasteiger charge is 2.15. The molecular weight excluding hydrogens is 236 g/mol. The van der Waals surface area contributed by atoms with Gasteiger partial charge in [0.25, 0.3) is 5.91 Å². The average Bonchev–Trinajstić information content (AvgIpc) is 2.35. The van der Waals surface area contributed by atoms with Gasteiger partial charge in [0.2, 0.25) is 0 Å². The van der Waals surface area contributed by atoms with Gasteiger partial charge in [-0.05, 0) is 7.05 Å². The Labute approximate surface area is 105 Å². The number of aliphatic carboxylic acids is 1. The molecule has 0 radical (unpaired) electrons. The zero-order valence-electron chi connectivity index (χ0n) is 10.2. The number of hydrogen-bond donors (Lipinski definition) is 2. The van der Waals surface area contributed by atoms with Crippen LogP contribution in [0, 0.1) is 11.3 Å². The Morgan fingerprint density at radius 3 is 2.50 bits per heavy atom. The maximum Gasteiger partial charge on any atom is 0.322 e. The Morgan fingerprint density at radius 2 is 2.00 bits per heavy atom. The molecule has 0 unspecified atom stereocenters. The van der Waals surface area contributed by atoms with Crippen molar-refractivity contribution in [3.63, 3.8) is 0 Å². The Hall–Kier alpha value is -2.07. The number of nitrogens with zero attached hydrogens (tertiary/aromatic N) is 3. The zero-order chi connectivity index (χ0) is 13.5. The van der Waals surface area contributed by atoms with E-state index < -0.39 is 18.4 Å². The van der Waals surface area contributed by atoms with E-state index in [1.165, 1.54) is 6.20 Å². The number of carbonyl (C=O) groups is 2. The highest BCUT2D eigenvalue weighted by molar-refractivity contribution is 5.98. The summed E-state index contributed by atoms with van der Waals surface area (Å²) in [5, 5.41) is 19.5. The van der Waals surface area contributed by atoms with Crippen molar-refractivity contribution < 1.29 is 14.7 Å². The summed E-state index contributed by atoms with van der Waals surface area (Å²) in [5.41, 5.74) is -0.0687. The zero-order valence-corrected chi connectivity index (χ0v) is 10.2. The van der Waals surface area contributed by atoms with E-state index in [4.69, 9.17) is 10.4 Å². The van der Waals surface area contributed by atoms with E-state index in [9.17, 15) is 9.59 Å². The first-order chi connectivity index (χ1) is 8.52. The van der Waals surface area contributed by atoms with Crippen LogP contribution in [0.2, 0.25) is 0 Å². The molecule has 1 aliphatic heterocycles. The Bertz CT molecular complexity index is 392. The molecule has 18 heavy (non-hydrogen) atoms. The number of hydrogen-bond acceptors (Lipinski definition) is 5. The van der Waals surface area contributed by atoms with Gasteiger partial charge in [-0.15, -0.1) is 0 Å². The summed E-state index contributed by atoms with van der Waals surface area (Å²) in [7, 11) is 2.01. The smallest absolute Gasteiger partial charge is 0.322 e. The standard InChI is InChI=1S/C11H16N4O3/c1-14-2-4-15(5-3-14)8-9(6-12)11(18)13-7-10(16)17/h8H,2-5,7H2,1H3,(H,13,18)(H,16,17)/b9-8-. The molecule has 1 aliphatic rings. The van der Waals surface area contributed by atoms with Crippen molar-refractivity contribution in [2.45, 2.75) is 0 Å². The number of likely N-dealkylation sites (N-methyl/N-ethyl adjacent to an activating group) is 1. The Kier molecular flexibility index (Phi) is 5.14. The van der Waals surface area contributed by atoms with E-state index in [0.717, 1.165) is 26.2 Å². The van der Waals surface area contributed by atoms with Crippen molar-refractivity contribution in [1.29, 1.82) is 5.26 Å². The summed E-state index contributed by atoms with van der Waals surface area (Å²) in [4.78, 5) is 25.9. The molecule has 0 atom stereocenters. The number of carbonyl (C=O) groups excluding carboxylic acids is 1. The van der Waals surface area contributed by atoms with Crippen LogP contribution in [-0.2, 0) is 9.59 Å². The van der Waals surface area contributed by atoms with Gasteiger partial charge in [0.1, 0.15) is 18.2 Å². The van der Waals surface area contributed by atoms with Crippen molar-refractivity contribution in [2.24, 2.45) is 0 Å². The number of piperazine rings is 1. The average molecular weight is 252 g/mol. The minimum atomic E-state index is -1.14. The molecule has 1 rings (SSSR count). The van der Waals surface area contributed by atoms with E-state index >= 15 is 0 Å². The lowest BCUT2D eigenvalue weighted by Crippen LogP contribution is -2.42. The van der Waals surface area contributed by atoms with Gasteiger partial charge in [0, 0.05) is 32.4 Å². The molecule has 0 aliphatic carbocycles. The summed E-state index contributed by atoms with van der Waals surface area (Å²) in [6.45, 7) is 2.74. The van der Waals surface area contributed by atoms with Crippen LogP contribution in [-0.4, -0.2) is 66.6 Å². The molecule has 0 saturated carbocycles. The first-order valence-corrected chi connectivity index (χ1v) is 5.57. The molecule has 1 saturated heterocycles. The van der Waals surface area contributed by atoms with Gasteiger partial charge in [-0.3, -0.25) is 9.59 Å². The number of carboxylic acids is 1. The molecule has 7 nitrogen and oxygen atoms in total. The van der Waals surface area contributed by atoms with Crippen LogP contribution in [0.3, 0.4) is 0 Å².